The molecule has 0 aliphatic carbocycles. The Morgan fingerprint density at radius 3 is 2.80 bits per heavy atom. The summed E-state index contributed by atoms with van der Waals surface area (Å²) in [6, 6.07) is 2.02. The number of hydrogen-bond donors (Lipinski definition) is 1. The second-order valence-corrected chi connectivity index (χ2v) is 5.19. The van der Waals surface area contributed by atoms with Gasteiger partial charge in [-0.05, 0) is 52.0 Å². The van der Waals surface area contributed by atoms with E-state index < -0.39 is 0 Å². The fourth-order valence-electron chi connectivity index (χ4n) is 1.20. The number of aromatic nitrogens is 1. The molecular weight excluding hydrogens is 322 g/mol. The van der Waals surface area contributed by atoms with Crippen LogP contribution in [0.2, 0.25) is 0 Å². The molecular formula is C10H15Br2N3. The first-order valence-electron chi connectivity index (χ1n) is 4.76. The van der Waals surface area contributed by atoms with Gasteiger partial charge in [-0.2, -0.15) is 0 Å². The zero-order valence-corrected chi connectivity index (χ0v) is 12.1. The summed E-state index contributed by atoms with van der Waals surface area (Å²) < 4.78 is 2.05. The van der Waals surface area contributed by atoms with E-state index in [2.05, 4.69) is 54.1 Å². The maximum atomic E-state index is 4.37. The molecule has 1 aromatic rings. The van der Waals surface area contributed by atoms with Gasteiger partial charge in [0.2, 0.25) is 0 Å². The summed E-state index contributed by atoms with van der Waals surface area (Å²) in [5.41, 5.74) is 1.07. The van der Waals surface area contributed by atoms with Crippen LogP contribution in [0.4, 0.5) is 0 Å². The Hall–Kier alpha value is 0.0300. The summed E-state index contributed by atoms with van der Waals surface area (Å²) in [5, 5.41) is 3.13. The molecule has 15 heavy (non-hydrogen) atoms. The van der Waals surface area contributed by atoms with Crippen LogP contribution in [-0.2, 0) is 6.54 Å². The van der Waals surface area contributed by atoms with Gasteiger partial charge in [0, 0.05) is 34.8 Å². The van der Waals surface area contributed by atoms with Crippen LogP contribution in [0.25, 0.3) is 0 Å². The summed E-state index contributed by atoms with van der Waals surface area (Å²) in [5.74, 6) is 0. The van der Waals surface area contributed by atoms with Crippen molar-refractivity contribution < 1.29 is 0 Å². The Bertz CT molecular complexity index is 318. The number of pyridine rings is 1. The van der Waals surface area contributed by atoms with Crippen LogP contribution >= 0.6 is 31.9 Å². The molecule has 0 atom stereocenters. The minimum absolute atomic E-state index is 0.857. The van der Waals surface area contributed by atoms with E-state index in [4.69, 9.17) is 0 Å². The van der Waals surface area contributed by atoms with Crippen molar-refractivity contribution in [3.63, 3.8) is 0 Å². The first-order valence-corrected chi connectivity index (χ1v) is 6.35. The molecule has 0 saturated carbocycles. The molecule has 0 saturated heterocycles. The molecule has 1 rings (SSSR count). The van der Waals surface area contributed by atoms with Crippen molar-refractivity contribution in [1.29, 1.82) is 0 Å². The van der Waals surface area contributed by atoms with Gasteiger partial charge in [-0.15, -0.1) is 0 Å². The van der Waals surface area contributed by atoms with E-state index in [1.165, 1.54) is 0 Å². The minimum Gasteiger partial charge on any atom is -0.318 e. The molecule has 1 heterocycles. The highest BCUT2D eigenvalue weighted by molar-refractivity contribution is 9.11. The third-order valence-electron chi connectivity index (χ3n) is 2.05. The molecule has 1 N–H and O–H groups in total. The highest BCUT2D eigenvalue weighted by atomic mass is 79.9. The molecule has 0 radical (unpaired) electrons. The van der Waals surface area contributed by atoms with Gasteiger partial charge < -0.3 is 5.32 Å². The van der Waals surface area contributed by atoms with E-state index in [1.54, 1.807) is 0 Å². The molecule has 0 bridgehead atoms. The number of likely N-dealkylation sites (N-methyl/N-ethyl adjacent to an activating group) is 2. The van der Waals surface area contributed by atoms with Crippen LogP contribution < -0.4 is 5.32 Å². The predicted molar refractivity (Wildman–Crippen MR) is 69.9 cm³/mol. The van der Waals surface area contributed by atoms with Crippen LogP contribution in [0.3, 0.4) is 0 Å². The summed E-state index contributed by atoms with van der Waals surface area (Å²) in [6.07, 6.45) is 1.83. The highest BCUT2D eigenvalue weighted by Gasteiger charge is 2.05. The topological polar surface area (TPSA) is 28.2 Å². The van der Waals surface area contributed by atoms with Gasteiger partial charge in [-0.25, -0.2) is 0 Å². The largest absolute Gasteiger partial charge is 0.318 e. The minimum atomic E-state index is 0.857. The average molecular weight is 337 g/mol. The number of halogens is 2. The van der Waals surface area contributed by atoms with Crippen molar-refractivity contribution in [2.75, 3.05) is 27.2 Å². The van der Waals surface area contributed by atoms with Crippen molar-refractivity contribution in [2.24, 2.45) is 0 Å². The third kappa shape index (κ3) is 4.59. The summed E-state index contributed by atoms with van der Waals surface area (Å²) in [7, 11) is 4.05. The van der Waals surface area contributed by atoms with Gasteiger partial charge in [0.1, 0.15) is 0 Å². The molecule has 5 heteroatoms. The standard InChI is InChI=1S/C10H15Br2N3/c1-13-3-4-15(2)7-10-9(12)5-8(11)6-14-10/h5-6,13H,3-4,7H2,1-2H3. The van der Waals surface area contributed by atoms with Crippen LogP contribution in [0.1, 0.15) is 5.69 Å². The number of rotatable bonds is 5. The Morgan fingerprint density at radius 1 is 1.47 bits per heavy atom. The summed E-state index contributed by atoms with van der Waals surface area (Å²) in [6.45, 7) is 2.86. The second kappa shape index (κ2) is 6.58. The van der Waals surface area contributed by atoms with Gasteiger partial charge in [-0.3, -0.25) is 9.88 Å². The van der Waals surface area contributed by atoms with Gasteiger partial charge >= 0.3 is 0 Å². The molecule has 0 aliphatic heterocycles. The lowest BCUT2D eigenvalue weighted by atomic mass is 10.3. The normalized spacial score (nSPS) is 11.0. The Kier molecular flexibility index (Phi) is 5.74. The van der Waals surface area contributed by atoms with Gasteiger partial charge in [0.05, 0.1) is 5.69 Å². The van der Waals surface area contributed by atoms with Crippen molar-refractivity contribution in [1.82, 2.24) is 15.2 Å². The third-order valence-corrected chi connectivity index (χ3v) is 3.17. The van der Waals surface area contributed by atoms with E-state index in [0.717, 1.165) is 34.3 Å². The summed E-state index contributed by atoms with van der Waals surface area (Å²) >= 11 is 6.90. The van der Waals surface area contributed by atoms with Crippen molar-refractivity contribution >= 4 is 31.9 Å². The average Bonchev–Trinajstić information content (AvgIpc) is 2.19. The lowest BCUT2D eigenvalue weighted by Gasteiger charge is -2.16. The number of hydrogen-bond acceptors (Lipinski definition) is 3. The zero-order chi connectivity index (χ0) is 11.3. The quantitative estimate of drug-likeness (QED) is 0.894. The molecule has 0 aromatic carbocycles. The van der Waals surface area contributed by atoms with Crippen molar-refractivity contribution in [3.05, 3.63) is 26.9 Å². The summed E-state index contributed by atoms with van der Waals surface area (Å²) in [4.78, 5) is 6.60. The van der Waals surface area contributed by atoms with Gasteiger partial charge in [0.25, 0.3) is 0 Å². The van der Waals surface area contributed by atoms with E-state index in [-0.39, 0.29) is 0 Å². The lowest BCUT2D eigenvalue weighted by Crippen LogP contribution is -2.27. The smallest absolute Gasteiger partial charge is 0.0686 e. The van der Waals surface area contributed by atoms with Crippen LogP contribution in [0.5, 0.6) is 0 Å². The van der Waals surface area contributed by atoms with Crippen molar-refractivity contribution in [2.45, 2.75) is 6.54 Å². The number of nitrogens with one attached hydrogen (secondary N) is 1. The number of nitrogens with zero attached hydrogens (tertiary/aromatic N) is 2. The van der Waals surface area contributed by atoms with E-state index in [0.29, 0.717) is 0 Å². The molecule has 0 spiro atoms. The monoisotopic (exact) mass is 335 g/mol. The maximum Gasteiger partial charge on any atom is 0.0686 e. The fraction of sp³-hybridized carbons (Fsp3) is 0.500. The Labute approximate surface area is 108 Å². The molecule has 1 aromatic heterocycles. The zero-order valence-electron chi connectivity index (χ0n) is 8.93. The first kappa shape index (κ1) is 13.1. The van der Waals surface area contributed by atoms with E-state index in [1.807, 2.05) is 19.3 Å². The Morgan fingerprint density at radius 2 is 2.20 bits per heavy atom. The SMILES string of the molecule is CNCCN(C)Cc1ncc(Br)cc1Br. The maximum absolute atomic E-state index is 4.37. The van der Waals surface area contributed by atoms with Crippen LogP contribution in [0, 0.1) is 0 Å². The Balaban J connectivity index is 2.56. The van der Waals surface area contributed by atoms with E-state index >= 15 is 0 Å². The fourth-order valence-corrected chi connectivity index (χ4v) is 2.31. The molecule has 84 valence electrons. The molecule has 0 aliphatic rings. The highest BCUT2D eigenvalue weighted by Crippen LogP contribution is 2.20. The molecule has 0 amide bonds. The molecule has 0 unspecified atom stereocenters. The molecule has 3 nitrogen and oxygen atoms in total. The lowest BCUT2D eigenvalue weighted by molar-refractivity contribution is 0.323. The van der Waals surface area contributed by atoms with Gasteiger partial charge in [-0.1, -0.05) is 0 Å². The van der Waals surface area contributed by atoms with E-state index in [9.17, 15) is 0 Å². The van der Waals surface area contributed by atoms with Crippen LogP contribution in [-0.4, -0.2) is 37.1 Å². The molecule has 0 fully saturated rings. The van der Waals surface area contributed by atoms with Crippen LogP contribution in [0.15, 0.2) is 21.2 Å². The van der Waals surface area contributed by atoms with Gasteiger partial charge in [0.15, 0.2) is 0 Å². The van der Waals surface area contributed by atoms with Crippen molar-refractivity contribution in [3.8, 4) is 0 Å². The predicted octanol–water partition coefficient (Wildman–Crippen LogP) is 2.26. The second-order valence-electron chi connectivity index (χ2n) is 3.42. The first-order chi connectivity index (χ1) is 7.13.